The van der Waals surface area contributed by atoms with Crippen LogP contribution in [0.25, 0.3) is 5.69 Å². The highest BCUT2D eigenvalue weighted by atomic mass is 16.3. The predicted molar refractivity (Wildman–Crippen MR) is 104 cm³/mol. The molecule has 0 bridgehead atoms. The van der Waals surface area contributed by atoms with Gasteiger partial charge in [-0.05, 0) is 43.0 Å². The monoisotopic (exact) mass is 378 g/mol. The van der Waals surface area contributed by atoms with Crippen LogP contribution in [0.4, 0.5) is 0 Å². The maximum Gasteiger partial charge on any atom is 0.271 e. The SMILES string of the molecule is O=C(N[C@@H](Cc1ccccn1)C1CC(O)C1)c1cc(=O)n(-c2ccccc2)[nH]1. The second kappa shape index (κ2) is 7.82. The third-order valence-corrected chi connectivity index (χ3v) is 5.17. The number of carbonyl (C=O) groups is 1. The third kappa shape index (κ3) is 3.89. The third-order valence-electron chi connectivity index (χ3n) is 5.17. The van der Waals surface area contributed by atoms with E-state index in [1.54, 1.807) is 18.3 Å². The molecular weight excluding hydrogens is 356 g/mol. The van der Waals surface area contributed by atoms with Crippen molar-refractivity contribution < 1.29 is 9.90 Å². The lowest BCUT2D eigenvalue weighted by atomic mass is 9.76. The van der Waals surface area contributed by atoms with Crippen LogP contribution >= 0.6 is 0 Å². The number of pyridine rings is 1. The molecule has 3 aromatic rings. The van der Waals surface area contributed by atoms with E-state index >= 15 is 0 Å². The van der Waals surface area contributed by atoms with Gasteiger partial charge in [-0.25, -0.2) is 4.68 Å². The zero-order chi connectivity index (χ0) is 19.5. The minimum absolute atomic E-state index is 0.158. The van der Waals surface area contributed by atoms with Gasteiger partial charge in [0.05, 0.1) is 11.8 Å². The number of carbonyl (C=O) groups excluding carboxylic acids is 1. The van der Waals surface area contributed by atoms with E-state index < -0.39 is 0 Å². The number of hydrogen-bond donors (Lipinski definition) is 3. The van der Waals surface area contributed by atoms with Gasteiger partial charge < -0.3 is 10.4 Å². The Kier molecular flexibility index (Phi) is 5.08. The van der Waals surface area contributed by atoms with Gasteiger partial charge in [-0.3, -0.25) is 19.7 Å². The standard InChI is InChI=1S/C21H22N4O3/c26-17-10-14(11-17)18(12-15-6-4-5-9-22-15)23-21(28)19-13-20(27)25(24-19)16-7-2-1-3-8-16/h1-9,13-14,17-18,24,26H,10-12H2,(H,23,28)/t14?,17?,18-/m0/s1. The van der Waals surface area contributed by atoms with Crippen molar-refractivity contribution in [1.29, 1.82) is 0 Å². The quantitative estimate of drug-likeness (QED) is 0.607. The van der Waals surface area contributed by atoms with Crippen molar-refractivity contribution in [3.8, 4) is 5.69 Å². The molecule has 144 valence electrons. The number of benzene rings is 1. The van der Waals surface area contributed by atoms with Crippen molar-refractivity contribution in [3.05, 3.63) is 82.5 Å². The number of aromatic nitrogens is 3. The molecule has 1 atom stereocenters. The Morgan fingerprint density at radius 3 is 2.64 bits per heavy atom. The second-order valence-electron chi connectivity index (χ2n) is 7.17. The summed E-state index contributed by atoms with van der Waals surface area (Å²) in [7, 11) is 0. The fourth-order valence-electron chi connectivity index (χ4n) is 3.57. The molecule has 7 nitrogen and oxygen atoms in total. The number of nitrogens with zero attached hydrogens (tertiary/aromatic N) is 2. The van der Waals surface area contributed by atoms with E-state index in [1.807, 2.05) is 36.4 Å². The van der Waals surface area contributed by atoms with Gasteiger partial charge in [-0.15, -0.1) is 0 Å². The molecule has 28 heavy (non-hydrogen) atoms. The van der Waals surface area contributed by atoms with Crippen molar-refractivity contribution in [2.75, 3.05) is 0 Å². The maximum absolute atomic E-state index is 12.8. The summed E-state index contributed by atoms with van der Waals surface area (Å²) in [5, 5.41) is 15.6. The summed E-state index contributed by atoms with van der Waals surface area (Å²) in [6.07, 6.45) is 3.29. The molecule has 1 aromatic carbocycles. The number of aliphatic hydroxyl groups excluding tert-OH is 1. The highest BCUT2D eigenvalue weighted by Gasteiger charge is 2.35. The number of aliphatic hydroxyl groups is 1. The first-order valence-corrected chi connectivity index (χ1v) is 9.36. The van der Waals surface area contributed by atoms with E-state index in [0.29, 0.717) is 24.9 Å². The van der Waals surface area contributed by atoms with Crippen LogP contribution in [0.15, 0.2) is 65.6 Å². The van der Waals surface area contributed by atoms with Gasteiger partial charge in [-0.1, -0.05) is 24.3 Å². The van der Waals surface area contributed by atoms with Crippen molar-refractivity contribution in [2.24, 2.45) is 5.92 Å². The number of rotatable bonds is 6. The smallest absolute Gasteiger partial charge is 0.271 e. The molecule has 1 aliphatic rings. The first kappa shape index (κ1) is 18.2. The summed E-state index contributed by atoms with van der Waals surface area (Å²) < 4.78 is 1.34. The van der Waals surface area contributed by atoms with Crippen LogP contribution in [-0.4, -0.2) is 37.9 Å². The van der Waals surface area contributed by atoms with E-state index in [0.717, 1.165) is 5.69 Å². The molecule has 2 heterocycles. The van der Waals surface area contributed by atoms with Crippen molar-refractivity contribution >= 4 is 5.91 Å². The van der Waals surface area contributed by atoms with E-state index in [9.17, 15) is 14.7 Å². The van der Waals surface area contributed by atoms with Crippen LogP contribution in [-0.2, 0) is 6.42 Å². The van der Waals surface area contributed by atoms with Crippen molar-refractivity contribution in [1.82, 2.24) is 20.1 Å². The molecule has 0 unspecified atom stereocenters. The molecule has 0 aliphatic heterocycles. The van der Waals surface area contributed by atoms with Crippen LogP contribution in [0.2, 0.25) is 0 Å². The molecule has 4 rings (SSSR count). The van der Waals surface area contributed by atoms with Crippen LogP contribution in [0.3, 0.4) is 0 Å². The molecule has 0 spiro atoms. The zero-order valence-corrected chi connectivity index (χ0v) is 15.3. The summed E-state index contributed by atoms with van der Waals surface area (Å²) in [5.41, 5.74) is 1.46. The van der Waals surface area contributed by atoms with Crippen LogP contribution in [0.1, 0.15) is 29.0 Å². The molecule has 3 N–H and O–H groups in total. The van der Waals surface area contributed by atoms with Gasteiger partial charge in [-0.2, -0.15) is 0 Å². The average Bonchev–Trinajstić information content (AvgIpc) is 3.08. The Labute approximate surface area is 162 Å². The topological polar surface area (TPSA) is 100 Å². The summed E-state index contributed by atoms with van der Waals surface area (Å²) in [6.45, 7) is 0. The number of nitrogens with one attached hydrogen (secondary N) is 2. The molecule has 7 heteroatoms. The predicted octanol–water partition coefficient (Wildman–Crippen LogP) is 1.67. The Bertz CT molecular complexity index is 991. The molecular formula is C21H22N4O3. The first-order valence-electron chi connectivity index (χ1n) is 9.36. The van der Waals surface area contributed by atoms with Crippen LogP contribution in [0, 0.1) is 5.92 Å². The van der Waals surface area contributed by atoms with E-state index in [2.05, 4.69) is 15.4 Å². The summed E-state index contributed by atoms with van der Waals surface area (Å²) in [6, 6.07) is 15.9. The number of para-hydroxylation sites is 1. The minimum atomic E-state index is -0.339. The van der Waals surface area contributed by atoms with Crippen molar-refractivity contribution in [2.45, 2.75) is 31.4 Å². The van der Waals surface area contributed by atoms with Gasteiger partial charge >= 0.3 is 0 Å². The molecule has 0 radical (unpaired) electrons. The van der Waals surface area contributed by atoms with E-state index in [4.69, 9.17) is 0 Å². The molecule has 2 aromatic heterocycles. The van der Waals surface area contributed by atoms with Crippen molar-refractivity contribution in [3.63, 3.8) is 0 Å². The number of amides is 1. The molecule has 1 amide bonds. The molecule has 0 saturated heterocycles. The highest BCUT2D eigenvalue weighted by Crippen LogP contribution is 2.31. The second-order valence-corrected chi connectivity index (χ2v) is 7.17. The van der Waals surface area contributed by atoms with Gasteiger partial charge in [0.2, 0.25) is 0 Å². The normalized spacial score (nSPS) is 19.6. The number of aromatic amines is 1. The summed E-state index contributed by atoms with van der Waals surface area (Å²) >= 11 is 0. The summed E-state index contributed by atoms with van der Waals surface area (Å²) in [4.78, 5) is 29.4. The Hall–Kier alpha value is -3.19. The van der Waals surface area contributed by atoms with Gasteiger partial charge in [0, 0.05) is 30.4 Å². The summed E-state index contributed by atoms with van der Waals surface area (Å²) in [5.74, 6) is -0.155. The Morgan fingerprint density at radius 2 is 1.96 bits per heavy atom. The Morgan fingerprint density at radius 1 is 1.21 bits per heavy atom. The number of H-pyrrole nitrogens is 1. The lowest BCUT2D eigenvalue weighted by Gasteiger charge is -2.38. The lowest BCUT2D eigenvalue weighted by Crippen LogP contribution is -2.48. The average molecular weight is 378 g/mol. The van der Waals surface area contributed by atoms with Crippen LogP contribution in [0.5, 0.6) is 0 Å². The molecule has 1 aliphatic carbocycles. The van der Waals surface area contributed by atoms with E-state index in [-0.39, 0.29) is 35.2 Å². The largest absolute Gasteiger partial charge is 0.393 e. The molecule has 1 fully saturated rings. The fourth-order valence-corrected chi connectivity index (χ4v) is 3.57. The van der Waals surface area contributed by atoms with Gasteiger partial charge in [0.1, 0.15) is 5.69 Å². The van der Waals surface area contributed by atoms with E-state index in [1.165, 1.54) is 10.7 Å². The minimum Gasteiger partial charge on any atom is -0.393 e. The Balaban J connectivity index is 1.52. The van der Waals surface area contributed by atoms with Crippen LogP contribution < -0.4 is 10.9 Å². The maximum atomic E-state index is 12.8. The fraction of sp³-hybridized carbons (Fsp3) is 0.286. The molecule has 1 saturated carbocycles. The zero-order valence-electron chi connectivity index (χ0n) is 15.3. The lowest BCUT2D eigenvalue weighted by molar-refractivity contribution is 0.0237. The highest BCUT2D eigenvalue weighted by molar-refractivity contribution is 5.92. The number of hydrogen-bond acceptors (Lipinski definition) is 4. The van der Waals surface area contributed by atoms with Gasteiger partial charge in [0.15, 0.2) is 0 Å². The van der Waals surface area contributed by atoms with Gasteiger partial charge in [0.25, 0.3) is 11.5 Å². The first-order chi connectivity index (χ1) is 13.6.